The number of amides is 1. The first kappa shape index (κ1) is 23.0. The van der Waals surface area contributed by atoms with Crippen LogP contribution in [0.1, 0.15) is 29.6 Å². The monoisotopic (exact) mass is 451 g/mol. The normalized spacial score (nSPS) is 16.2. The Bertz CT molecular complexity index is 1080. The van der Waals surface area contributed by atoms with E-state index in [0.29, 0.717) is 42.1 Å². The van der Waals surface area contributed by atoms with Crippen molar-refractivity contribution in [3.05, 3.63) is 54.2 Å². The fourth-order valence-electron chi connectivity index (χ4n) is 4.72. The Morgan fingerprint density at radius 1 is 1.06 bits per heavy atom. The van der Waals surface area contributed by atoms with Crippen LogP contribution in [0.4, 0.5) is 0 Å². The molecule has 3 aromatic rings. The molecule has 7 nitrogen and oxygen atoms in total. The largest absolute Gasteiger partial charge is 0.493 e. The van der Waals surface area contributed by atoms with Crippen molar-refractivity contribution in [2.24, 2.45) is 0 Å². The highest BCUT2D eigenvalue weighted by molar-refractivity contribution is 5.95. The number of para-hydroxylation sites is 1. The molecular formula is C26H33N3O4. The van der Waals surface area contributed by atoms with Crippen molar-refractivity contribution < 1.29 is 19.0 Å². The predicted molar refractivity (Wildman–Crippen MR) is 129 cm³/mol. The zero-order chi connectivity index (χ0) is 23.4. The number of hydrogen-bond donors (Lipinski definition) is 0. The fraction of sp³-hybridized carbons (Fsp3) is 0.423. The third-order valence-corrected chi connectivity index (χ3v) is 6.61. The molecule has 1 aliphatic rings. The Hall–Kier alpha value is -3.19. The summed E-state index contributed by atoms with van der Waals surface area (Å²) >= 11 is 0. The molecule has 4 rings (SSSR count). The van der Waals surface area contributed by atoms with E-state index in [1.807, 2.05) is 23.2 Å². The second-order valence-corrected chi connectivity index (χ2v) is 8.53. The van der Waals surface area contributed by atoms with Gasteiger partial charge >= 0.3 is 0 Å². The van der Waals surface area contributed by atoms with Crippen LogP contribution < -0.4 is 14.2 Å². The molecule has 0 saturated carbocycles. The van der Waals surface area contributed by atoms with Crippen LogP contribution in [-0.2, 0) is 6.67 Å². The molecule has 2 heterocycles. The molecule has 7 heteroatoms. The third-order valence-electron chi connectivity index (χ3n) is 6.61. The maximum Gasteiger partial charge on any atom is 0.255 e. The third kappa shape index (κ3) is 4.78. The van der Waals surface area contributed by atoms with Gasteiger partial charge in [-0.05, 0) is 62.5 Å². The van der Waals surface area contributed by atoms with Crippen LogP contribution in [0.3, 0.4) is 0 Å². The lowest BCUT2D eigenvalue weighted by atomic mass is 10.1. The molecule has 1 fully saturated rings. The van der Waals surface area contributed by atoms with Gasteiger partial charge in [-0.3, -0.25) is 4.79 Å². The predicted octanol–water partition coefficient (Wildman–Crippen LogP) is 4.25. The van der Waals surface area contributed by atoms with E-state index >= 15 is 0 Å². The zero-order valence-electron chi connectivity index (χ0n) is 19.9. The van der Waals surface area contributed by atoms with E-state index in [0.717, 1.165) is 23.9 Å². The average Bonchev–Trinajstić information content (AvgIpc) is 3.45. The molecule has 2 aromatic carbocycles. The molecule has 0 bridgehead atoms. The van der Waals surface area contributed by atoms with Crippen LogP contribution in [0, 0.1) is 0 Å². The van der Waals surface area contributed by atoms with Gasteiger partial charge in [-0.2, -0.15) is 0 Å². The smallest absolute Gasteiger partial charge is 0.255 e. The molecule has 1 saturated heterocycles. The summed E-state index contributed by atoms with van der Waals surface area (Å²) in [5, 5.41) is 1.16. The van der Waals surface area contributed by atoms with Gasteiger partial charge in [0, 0.05) is 29.9 Å². The lowest BCUT2D eigenvalue weighted by molar-refractivity contribution is 0.0689. The molecule has 1 aliphatic heterocycles. The van der Waals surface area contributed by atoms with Gasteiger partial charge in [-0.15, -0.1) is 0 Å². The standard InChI is InChI=1S/C26H33N3O4/c1-27-13-7-9-21(27)12-15-29(18-28-14-11-19-8-5-6-10-22(19)28)26(30)20-16-23(31-2)25(33-4)24(17-20)32-3/h5-6,8,10-11,14,16-17,21H,7,9,12-13,15,18H2,1-4H3. The van der Waals surface area contributed by atoms with Gasteiger partial charge in [0.1, 0.15) is 0 Å². The van der Waals surface area contributed by atoms with Gasteiger partial charge in [-0.1, -0.05) is 18.2 Å². The van der Waals surface area contributed by atoms with Crippen LogP contribution in [0.25, 0.3) is 10.9 Å². The second-order valence-electron chi connectivity index (χ2n) is 8.53. The number of benzene rings is 2. The van der Waals surface area contributed by atoms with Crippen molar-refractivity contribution in [3.8, 4) is 17.2 Å². The number of fused-ring (bicyclic) bond motifs is 1. The summed E-state index contributed by atoms with van der Waals surface area (Å²) in [7, 11) is 6.85. The van der Waals surface area contributed by atoms with Crippen molar-refractivity contribution in [3.63, 3.8) is 0 Å². The van der Waals surface area contributed by atoms with Crippen LogP contribution in [0.15, 0.2) is 48.7 Å². The van der Waals surface area contributed by atoms with Gasteiger partial charge in [0.05, 0.1) is 28.0 Å². The van der Waals surface area contributed by atoms with E-state index in [4.69, 9.17) is 14.2 Å². The minimum absolute atomic E-state index is 0.0623. The highest BCUT2D eigenvalue weighted by atomic mass is 16.5. The lowest BCUT2D eigenvalue weighted by Crippen LogP contribution is -2.37. The lowest BCUT2D eigenvalue weighted by Gasteiger charge is -2.27. The van der Waals surface area contributed by atoms with Gasteiger partial charge < -0.3 is 28.6 Å². The van der Waals surface area contributed by atoms with E-state index in [1.54, 1.807) is 33.5 Å². The van der Waals surface area contributed by atoms with Crippen LogP contribution >= 0.6 is 0 Å². The number of hydrogen-bond acceptors (Lipinski definition) is 5. The van der Waals surface area contributed by atoms with Crippen LogP contribution in [0.5, 0.6) is 17.2 Å². The number of ether oxygens (including phenoxy) is 3. The Labute approximate surface area is 195 Å². The van der Waals surface area contributed by atoms with Crippen LogP contribution in [0.2, 0.25) is 0 Å². The van der Waals surface area contributed by atoms with Crippen molar-refractivity contribution in [2.75, 3.05) is 41.5 Å². The number of nitrogens with zero attached hydrogens (tertiary/aromatic N) is 3. The molecule has 0 aliphatic carbocycles. The van der Waals surface area contributed by atoms with E-state index in [-0.39, 0.29) is 5.91 Å². The topological polar surface area (TPSA) is 56.2 Å². The second kappa shape index (κ2) is 10.2. The number of carbonyl (C=O) groups is 1. The molecule has 0 radical (unpaired) electrons. The van der Waals surface area contributed by atoms with Crippen molar-refractivity contribution in [1.82, 2.24) is 14.4 Å². The van der Waals surface area contributed by atoms with Gasteiger partial charge in [-0.25, -0.2) is 0 Å². The van der Waals surface area contributed by atoms with Gasteiger partial charge in [0.25, 0.3) is 5.91 Å². The molecule has 1 atom stereocenters. The Morgan fingerprint density at radius 2 is 1.79 bits per heavy atom. The molecule has 176 valence electrons. The minimum atomic E-state index is -0.0623. The Morgan fingerprint density at radius 3 is 2.42 bits per heavy atom. The van der Waals surface area contributed by atoms with E-state index in [2.05, 4.69) is 34.7 Å². The average molecular weight is 452 g/mol. The first-order chi connectivity index (χ1) is 16.0. The van der Waals surface area contributed by atoms with Crippen molar-refractivity contribution in [2.45, 2.75) is 32.0 Å². The molecule has 1 amide bonds. The summed E-state index contributed by atoms with van der Waals surface area (Å²) in [5.41, 5.74) is 1.62. The fourth-order valence-corrected chi connectivity index (χ4v) is 4.72. The van der Waals surface area contributed by atoms with E-state index < -0.39 is 0 Å². The highest BCUT2D eigenvalue weighted by Crippen LogP contribution is 2.38. The molecule has 0 N–H and O–H groups in total. The Kier molecular flexibility index (Phi) is 7.08. The van der Waals surface area contributed by atoms with E-state index in [9.17, 15) is 4.79 Å². The summed E-state index contributed by atoms with van der Waals surface area (Å²) in [6, 6.07) is 14.3. The number of rotatable bonds is 9. The summed E-state index contributed by atoms with van der Waals surface area (Å²) < 4.78 is 18.5. The summed E-state index contributed by atoms with van der Waals surface area (Å²) in [6.45, 7) is 2.25. The zero-order valence-corrected chi connectivity index (χ0v) is 19.9. The maximum absolute atomic E-state index is 13.8. The molecular weight excluding hydrogens is 418 g/mol. The van der Waals surface area contributed by atoms with Crippen molar-refractivity contribution in [1.29, 1.82) is 0 Å². The molecule has 0 spiro atoms. The van der Waals surface area contributed by atoms with E-state index in [1.165, 1.54) is 12.8 Å². The van der Waals surface area contributed by atoms with Crippen LogP contribution in [-0.4, -0.2) is 67.8 Å². The minimum Gasteiger partial charge on any atom is -0.493 e. The van der Waals surface area contributed by atoms with Gasteiger partial charge in [0.2, 0.25) is 5.75 Å². The summed E-state index contributed by atoms with van der Waals surface area (Å²) in [5.74, 6) is 1.36. The highest BCUT2D eigenvalue weighted by Gasteiger charge is 2.25. The number of carbonyl (C=O) groups excluding carboxylic acids is 1. The maximum atomic E-state index is 13.8. The number of likely N-dealkylation sites (tertiary alicyclic amines) is 1. The quantitative estimate of drug-likeness (QED) is 0.487. The molecule has 33 heavy (non-hydrogen) atoms. The van der Waals surface area contributed by atoms with Gasteiger partial charge in [0.15, 0.2) is 11.5 Å². The van der Waals surface area contributed by atoms with Crippen molar-refractivity contribution >= 4 is 16.8 Å². The summed E-state index contributed by atoms with van der Waals surface area (Å²) in [4.78, 5) is 18.1. The first-order valence-electron chi connectivity index (χ1n) is 11.4. The Balaban J connectivity index is 1.65. The SMILES string of the molecule is COc1cc(C(=O)N(CCC2CCCN2C)Cn2ccc3ccccc32)cc(OC)c1OC. The number of aromatic nitrogens is 1. The molecule has 1 aromatic heterocycles. The number of methoxy groups -OCH3 is 3. The first-order valence-corrected chi connectivity index (χ1v) is 11.4. The molecule has 1 unspecified atom stereocenters. The summed E-state index contributed by atoms with van der Waals surface area (Å²) in [6.07, 6.45) is 5.37.